The third kappa shape index (κ3) is 5.05. The van der Waals surface area contributed by atoms with Crippen LogP contribution in [0.4, 0.5) is 5.69 Å². The van der Waals surface area contributed by atoms with Crippen molar-refractivity contribution in [3.63, 3.8) is 0 Å². The maximum atomic E-state index is 6.03. The van der Waals surface area contributed by atoms with E-state index in [2.05, 4.69) is 36.6 Å². The Morgan fingerprint density at radius 3 is 2.57 bits per heavy atom. The second kappa shape index (κ2) is 9.55. The largest absolute Gasteiger partial charge is 0.474 e. The average Bonchev–Trinajstić information content (AvgIpc) is 2.78. The van der Waals surface area contributed by atoms with Crippen molar-refractivity contribution in [1.82, 2.24) is 19.9 Å². The van der Waals surface area contributed by atoms with Crippen molar-refractivity contribution in [3.8, 4) is 17.7 Å². The molecule has 1 fully saturated rings. The molecule has 1 aromatic carbocycles. The standard InChI is InChI=1S/C24H27N5O/c1-28(2)20-11-8-19(9-12-20)10-13-22-24(27-21-7-6-14-25-23(21)26-22)30-18-17-29-15-4-3-5-16-29/h6-9,11-12,14H,3-5,15-18H2,1-2H3. The van der Waals surface area contributed by atoms with E-state index < -0.39 is 0 Å². The highest BCUT2D eigenvalue weighted by Crippen LogP contribution is 2.18. The molecule has 0 saturated carbocycles. The van der Waals surface area contributed by atoms with Crippen LogP contribution in [-0.4, -0.2) is 60.2 Å². The van der Waals surface area contributed by atoms with Crippen LogP contribution in [0.5, 0.6) is 5.88 Å². The third-order valence-electron chi connectivity index (χ3n) is 5.21. The molecule has 3 aromatic rings. The van der Waals surface area contributed by atoms with Crippen molar-refractivity contribution in [2.24, 2.45) is 0 Å². The van der Waals surface area contributed by atoms with E-state index in [9.17, 15) is 0 Å². The first-order valence-corrected chi connectivity index (χ1v) is 10.5. The molecule has 1 aliphatic rings. The van der Waals surface area contributed by atoms with Gasteiger partial charge >= 0.3 is 0 Å². The van der Waals surface area contributed by atoms with E-state index >= 15 is 0 Å². The van der Waals surface area contributed by atoms with Crippen molar-refractivity contribution < 1.29 is 4.74 Å². The molecule has 0 atom stereocenters. The van der Waals surface area contributed by atoms with E-state index in [-0.39, 0.29) is 0 Å². The topological polar surface area (TPSA) is 54.4 Å². The predicted molar refractivity (Wildman–Crippen MR) is 120 cm³/mol. The molecule has 0 spiro atoms. The van der Waals surface area contributed by atoms with Gasteiger partial charge in [0.1, 0.15) is 12.1 Å². The summed E-state index contributed by atoms with van der Waals surface area (Å²) in [6, 6.07) is 11.9. The Hall–Kier alpha value is -3.17. The number of rotatable bonds is 5. The monoisotopic (exact) mass is 401 g/mol. The van der Waals surface area contributed by atoms with Gasteiger partial charge in [-0.1, -0.05) is 12.3 Å². The molecular formula is C24H27N5O. The number of pyridine rings is 1. The average molecular weight is 402 g/mol. The number of piperidine rings is 1. The summed E-state index contributed by atoms with van der Waals surface area (Å²) in [5.41, 5.74) is 3.87. The van der Waals surface area contributed by atoms with E-state index in [1.54, 1.807) is 6.20 Å². The van der Waals surface area contributed by atoms with Gasteiger partial charge in [-0.2, -0.15) is 0 Å². The Balaban J connectivity index is 1.55. The fraction of sp³-hybridized carbons (Fsp3) is 0.375. The second-order valence-corrected chi connectivity index (χ2v) is 7.67. The molecule has 3 heterocycles. The van der Waals surface area contributed by atoms with Crippen LogP contribution < -0.4 is 9.64 Å². The number of nitrogens with zero attached hydrogens (tertiary/aromatic N) is 5. The van der Waals surface area contributed by atoms with Crippen molar-refractivity contribution in [1.29, 1.82) is 0 Å². The molecule has 2 aromatic heterocycles. The van der Waals surface area contributed by atoms with Gasteiger partial charge in [-0.25, -0.2) is 15.0 Å². The molecule has 0 unspecified atom stereocenters. The van der Waals surface area contributed by atoms with Gasteiger partial charge in [0, 0.05) is 38.1 Å². The molecule has 0 amide bonds. The van der Waals surface area contributed by atoms with Crippen molar-refractivity contribution in [3.05, 3.63) is 53.9 Å². The molecule has 0 aliphatic carbocycles. The fourth-order valence-electron chi connectivity index (χ4n) is 3.49. The van der Waals surface area contributed by atoms with Crippen molar-refractivity contribution >= 4 is 16.9 Å². The normalized spacial score (nSPS) is 14.2. The molecule has 1 aliphatic heterocycles. The Bertz CT molecular complexity index is 1050. The Labute approximate surface area is 177 Å². The van der Waals surface area contributed by atoms with Gasteiger partial charge in [0.25, 0.3) is 0 Å². The molecule has 30 heavy (non-hydrogen) atoms. The second-order valence-electron chi connectivity index (χ2n) is 7.67. The SMILES string of the molecule is CN(C)c1ccc(C#Cc2nc3ncccc3nc2OCCN2CCCCC2)cc1. The van der Waals surface area contributed by atoms with E-state index in [1.165, 1.54) is 19.3 Å². The first kappa shape index (κ1) is 20.1. The lowest BCUT2D eigenvalue weighted by Gasteiger charge is -2.26. The number of anilines is 1. The molecule has 154 valence electrons. The van der Waals surface area contributed by atoms with Crippen LogP contribution >= 0.6 is 0 Å². The number of aromatic nitrogens is 3. The van der Waals surface area contributed by atoms with Crippen molar-refractivity contribution in [2.45, 2.75) is 19.3 Å². The summed E-state index contributed by atoms with van der Waals surface area (Å²) < 4.78 is 6.03. The quantitative estimate of drug-likeness (QED) is 0.611. The summed E-state index contributed by atoms with van der Waals surface area (Å²) >= 11 is 0. The van der Waals surface area contributed by atoms with E-state index in [0.717, 1.165) is 30.9 Å². The van der Waals surface area contributed by atoms with Crippen LogP contribution in [0.1, 0.15) is 30.5 Å². The fourth-order valence-corrected chi connectivity index (χ4v) is 3.49. The summed E-state index contributed by atoms with van der Waals surface area (Å²) in [5.74, 6) is 6.80. The molecule has 4 rings (SSSR count). The zero-order chi connectivity index (χ0) is 20.8. The minimum absolute atomic E-state index is 0.477. The van der Waals surface area contributed by atoms with Gasteiger partial charge in [0.2, 0.25) is 5.88 Å². The Kier molecular flexibility index (Phi) is 6.41. The van der Waals surface area contributed by atoms with Gasteiger partial charge in [-0.3, -0.25) is 4.90 Å². The number of ether oxygens (including phenoxy) is 1. The van der Waals surface area contributed by atoms with Gasteiger partial charge < -0.3 is 9.64 Å². The van der Waals surface area contributed by atoms with Crippen molar-refractivity contribution in [2.75, 3.05) is 45.2 Å². The lowest BCUT2D eigenvalue weighted by Crippen LogP contribution is -2.33. The van der Waals surface area contributed by atoms with Gasteiger partial charge in [0.15, 0.2) is 11.3 Å². The minimum Gasteiger partial charge on any atom is -0.474 e. The lowest BCUT2D eigenvalue weighted by molar-refractivity contribution is 0.180. The first-order valence-electron chi connectivity index (χ1n) is 10.5. The van der Waals surface area contributed by atoms with Crippen LogP contribution in [0.25, 0.3) is 11.2 Å². The number of fused-ring (bicyclic) bond motifs is 1. The minimum atomic E-state index is 0.477. The number of benzene rings is 1. The van der Waals surface area contributed by atoms with Gasteiger partial charge in [-0.15, -0.1) is 0 Å². The smallest absolute Gasteiger partial charge is 0.249 e. The zero-order valence-corrected chi connectivity index (χ0v) is 17.6. The lowest BCUT2D eigenvalue weighted by atomic mass is 10.1. The van der Waals surface area contributed by atoms with Crippen LogP contribution in [0.2, 0.25) is 0 Å². The van der Waals surface area contributed by atoms with Gasteiger partial charge in [-0.05, 0) is 68.2 Å². The third-order valence-corrected chi connectivity index (χ3v) is 5.21. The molecule has 1 saturated heterocycles. The number of hydrogen-bond donors (Lipinski definition) is 0. The van der Waals surface area contributed by atoms with Crippen LogP contribution in [0.3, 0.4) is 0 Å². The first-order chi connectivity index (χ1) is 14.7. The zero-order valence-electron chi connectivity index (χ0n) is 17.6. The van der Waals surface area contributed by atoms with Crippen LogP contribution in [0, 0.1) is 11.8 Å². The Morgan fingerprint density at radius 2 is 1.80 bits per heavy atom. The summed E-state index contributed by atoms with van der Waals surface area (Å²) in [4.78, 5) is 18.1. The van der Waals surface area contributed by atoms with Gasteiger partial charge in [0.05, 0.1) is 0 Å². The predicted octanol–water partition coefficient (Wildman–Crippen LogP) is 3.36. The van der Waals surface area contributed by atoms with Crippen LogP contribution in [-0.2, 0) is 0 Å². The number of likely N-dealkylation sites (tertiary alicyclic amines) is 1. The maximum absolute atomic E-state index is 6.03. The molecule has 0 bridgehead atoms. The van der Waals surface area contributed by atoms with E-state index in [1.807, 2.05) is 50.5 Å². The van der Waals surface area contributed by atoms with Crippen LogP contribution in [0.15, 0.2) is 42.6 Å². The number of hydrogen-bond acceptors (Lipinski definition) is 6. The summed E-state index contributed by atoms with van der Waals surface area (Å²) in [5, 5.41) is 0. The molecule has 0 radical (unpaired) electrons. The summed E-state index contributed by atoms with van der Waals surface area (Å²) in [7, 11) is 4.04. The highest BCUT2D eigenvalue weighted by atomic mass is 16.5. The summed E-state index contributed by atoms with van der Waals surface area (Å²) in [6.45, 7) is 3.76. The Morgan fingerprint density at radius 1 is 1.00 bits per heavy atom. The maximum Gasteiger partial charge on any atom is 0.249 e. The van der Waals surface area contributed by atoms with E-state index in [4.69, 9.17) is 4.74 Å². The van der Waals surface area contributed by atoms with E-state index in [0.29, 0.717) is 29.3 Å². The molecule has 0 N–H and O–H groups in total. The summed E-state index contributed by atoms with van der Waals surface area (Å²) in [6.07, 6.45) is 5.58. The molecule has 6 heteroatoms. The molecular weight excluding hydrogens is 374 g/mol. The highest BCUT2D eigenvalue weighted by Gasteiger charge is 2.12. The highest BCUT2D eigenvalue weighted by molar-refractivity contribution is 5.71. The molecule has 6 nitrogen and oxygen atoms in total.